The second-order valence-corrected chi connectivity index (χ2v) is 6.82. The minimum absolute atomic E-state index is 0.0129. The van der Waals surface area contributed by atoms with E-state index in [1.165, 1.54) is 25.2 Å². The highest BCUT2D eigenvalue weighted by molar-refractivity contribution is 7.92. The molecule has 1 atom stereocenters. The van der Waals surface area contributed by atoms with Crippen LogP contribution in [0.15, 0.2) is 53.4 Å². The summed E-state index contributed by atoms with van der Waals surface area (Å²) in [4.78, 5) is 0.170. The molecule has 0 amide bonds. The van der Waals surface area contributed by atoms with Crippen molar-refractivity contribution >= 4 is 15.7 Å². The maximum atomic E-state index is 12.6. The van der Waals surface area contributed by atoms with Gasteiger partial charge in [-0.15, -0.1) is 0 Å². The molecule has 1 unspecified atom stereocenters. The Morgan fingerprint density at radius 1 is 1.14 bits per heavy atom. The number of hydrogen-bond acceptors (Lipinski definition) is 4. The van der Waals surface area contributed by atoms with Gasteiger partial charge in [0.15, 0.2) is 0 Å². The van der Waals surface area contributed by atoms with Crippen molar-refractivity contribution < 1.29 is 13.5 Å². The molecule has 2 aromatic carbocycles. The number of benzene rings is 2. The van der Waals surface area contributed by atoms with Crippen LogP contribution in [0.4, 0.5) is 5.69 Å². The minimum Gasteiger partial charge on any atom is -0.508 e. The van der Waals surface area contributed by atoms with Gasteiger partial charge in [-0.05, 0) is 36.8 Å². The summed E-state index contributed by atoms with van der Waals surface area (Å²) in [5, 5.41) is 9.48. The van der Waals surface area contributed by atoms with E-state index < -0.39 is 10.0 Å². The SMILES string of the molecule is CC(N)c1cccc(S(=O)(=O)N(C)c2cccc(O)c2)c1. The summed E-state index contributed by atoms with van der Waals surface area (Å²) in [6.45, 7) is 1.80. The molecule has 0 saturated carbocycles. The Bertz CT molecular complexity index is 742. The van der Waals surface area contributed by atoms with Crippen LogP contribution in [0.3, 0.4) is 0 Å². The summed E-state index contributed by atoms with van der Waals surface area (Å²) in [6, 6.07) is 12.4. The number of rotatable bonds is 4. The minimum atomic E-state index is -3.70. The Morgan fingerprint density at radius 3 is 2.43 bits per heavy atom. The van der Waals surface area contributed by atoms with Crippen LogP contribution >= 0.6 is 0 Å². The van der Waals surface area contributed by atoms with Crippen molar-refractivity contribution in [2.24, 2.45) is 5.73 Å². The highest BCUT2D eigenvalue weighted by atomic mass is 32.2. The Kier molecular flexibility index (Phi) is 4.20. The molecule has 112 valence electrons. The highest BCUT2D eigenvalue weighted by Crippen LogP contribution is 2.26. The molecular formula is C15H18N2O3S. The lowest BCUT2D eigenvalue weighted by molar-refractivity contribution is 0.475. The van der Waals surface area contributed by atoms with Crippen molar-refractivity contribution in [1.29, 1.82) is 0 Å². The third-order valence-electron chi connectivity index (χ3n) is 3.24. The van der Waals surface area contributed by atoms with Gasteiger partial charge < -0.3 is 10.8 Å². The van der Waals surface area contributed by atoms with E-state index in [9.17, 15) is 13.5 Å². The number of phenols is 1. The van der Waals surface area contributed by atoms with Crippen molar-refractivity contribution in [3.8, 4) is 5.75 Å². The third-order valence-corrected chi connectivity index (χ3v) is 5.02. The van der Waals surface area contributed by atoms with E-state index in [1.54, 1.807) is 37.3 Å². The van der Waals surface area contributed by atoms with Gasteiger partial charge in [0.25, 0.3) is 10.0 Å². The fourth-order valence-electron chi connectivity index (χ4n) is 1.94. The first kappa shape index (κ1) is 15.3. The Hall–Kier alpha value is -2.05. The molecule has 21 heavy (non-hydrogen) atoms. The lowest BCUT2D eigenvalue weighted by Gasteiger charge is -2.20. The largest absolute Gasteiger partial charge is 0.508 e. The molecule has 0 radical (unpaired) electrons. The lowest BCUT2D eigenvalue weighted by Crippen LogP contribution is -2.26. The summed E-state index contributed by atoms with van der Waals surface area (Å²) in [5.74, 6) is 0.0129. The van der Waals surface area contributed by atoms with Crippen molar-refractivity contribution in [2.45, 2.75) is 17.9 Å². The highest BCUT2D eigenvalue weighted by Gasteiger charge is 2.22. The standard InChI is InChI=1S/C15H18N2O3S/c1-11(16)12-5-3-8-15(9-12)21(19,20)17(2)13-6-4-7-14(18)10-13/h3-11,18H,16H2,1-2H3. The van der Waals surface area contributed by atoms with E-state index >= 15 is 0 Å². The van der Waals surface area contributed by atoms with Gasteiger partial charge >= 0.3 is 0 Å². The second kappa shape index (κ2) is 5.75. The summed E-state index contributed by atoms with van der Waals surface area (Å²) in [6.07, 6.45) is 0. The normalized spacial score (nSPS) is 12.9. The maximum Gasteiger partial charge on any atom is 0.264 e. The lowest BCUT2D eigenvalue weighted by atomic mass is 10.1. The smallest absolute Gasteiger partial charge is 0.264 e. The van der Waals surface area contributed by atoms with Crippen LogP contribution in [-0.2, 0) is 10.0 Å². The van der Waals surface area contributed by atoms with Gasteiger partial charge in [-0.1, -0.05) is 18.2 Å². The van der Waals surface area contributed by atoms with E-state index in [-0.39, 0.29) is 16.7 Å². The van der Waals surface area contributed by atoms with Crippen molar-refractivity contribution in [1.82, 2.24) is 0 Å². The Morgan fingerprint density at radius 2 is 1.81 bits per heavy atom. The molecule has 0 spiro atoms. The van der Waals surface area contributed by atoms with Crippen LogP contribution in [0.5, 0.6) is 5.75 Å². The fourth-order valence-corrected chi connectivity index (χ4v) is 3.19. The predicted octanol–water partition coefficient (Wildman–Crippen LogP) is 2.24. The number of phenolic OH excluding ortho intramolecular Hbond substituents is 1. The van der Waals surface area contributed by atoms with E-state index in [1.807, 2.05) is 0 Å². The molecule has 6 heteroatoms. The monoisotopic (exact) mass is 306 g/mol. The first-order valence-corrected chi connectivity index (χ1v) is 7.90. The summed E-state index contributed by atoms with van der Waals surface area (Å²) in [7, 11) is -2.25. The molecule has 5 nitrogen and oxygen atoms in total. The average molecular weight is 306 g/mol. The van der Waals surface area contributed by atoms with Crippen LogP contribution < -0.4 is 10.0 Å². The van der Waals surface area contributed by atoms with Crippen molar-refractivity contribution in [3.63, 3.8) is 0 Å². The number of aromatic hydroxyl groups is 1. The maximum absolute atomic E-state index is 12.6. The number of nitrogens with two attached hydrogens (primary N) is 1. The van der Waals surface area contributed by atoms with Gasteiger partial charge in [0.1, 0.15) is 5.75 Å². The number of anilines is 1. The Balaban J connectivity index is 2.44. The van der Waals surface area contributed by atoms with Crippen LogP contribution in [0.1, 0.15) is 18.5 Å². The molecule has 2 aromatic rings. The van der Waals surface area contributed by atoms with Gasteiger partial charge in [-0.3, -0.25) is 4.31 Å². The fraction of sp³-hybridized carbons (Fsp3) is 0.200. The van der Waals surface area contributed by atoms with Crippen LogP contribution in [0.25, 0.3) is 0 Å². The van der Waals surface area contributed by atoms with E-state index in [0.717, 1.165) is 9.87 Å². The van der Waals surface area contributed by atoms with Crippen LogP contribution in [0, 0.1) is 0 Å². The predicted molar refractivity (Wildman–Crippen MR) is 82.7 cm³/mol. The molecule has 0 fully saturated rings. The molecule has 0 aliphatic carbocycles. The topological polar surface area (TPSA) is 83.6 Å². The molecule has 3 N–H and O–H groups in total. The van der Waals surface area contributed by atoms with Gasteiger partial charge in [0.2, 0.25) is 0 Å². The molecule has 0 saturated heterocycles. The quantitative estimate of drug-likeness (QED) is 0.907. The van der Waals surface area contributed by atoms with E-state index in [4.69, 9.17) is 5.73 Å². The zero-order valence-electron chi connectivity index (χ0n) is 11.9. The number of hydrogen-bond donors (Lipinski definition) is 2. The van der Waals surface area contributed by atoms with Gasteiger partial charge in [-0.25, -0.2) is 8.42 Å². The summed E-state index contributed by atoms with van der Waals surface area (Å²) >= 11 is 0. The molecule has 0 bridgehead atoms. The molecule has 2 rings (SSSR count). The first-order valence-electron chi connectivity index (χ1n) is 6.46. The number of sulfonamides is 1. The molecular weight excluding hydrogens is 288 g/mol. The van der Waals surface area contributed by atoms with E-state index in [0.29, 0.717) is 5.69 Å². The number of nitrogens with zero attached hydrogens (tertiary/aromatic N) is 1. The molecule has 0 heterocycles. The summed E-state index contributed by atoms with van der Waals surface area (Å²) < 4.78 is 26.4. The average Bonchev–Trinajstić information content (AvgIpc) is 2.46. The molecule has 0 aliphatic heterocycles. The zero-order chi connectivity index (χ0) is 15.6. The second-order valence-electron chi connectivity index (χ2n) is 4.85. The zero-order valence-corrected chi connectivity index (χ0v) is 12.7. The van der Waals surface area contributed by atoms with Crippen LogP contribution in [0.2, 0.25) is 0 Å². The third kappa shape index (κ3) is 3.17. The van der Waals surface area contributed by atoms with Crippen LogP contribution in [-0.4, -0.2) is 20.6 Å². The van der Waals surface area contributed by atoms with Gasteiger partial charge in [-0.2, -0.15) is 0 Å². The molecule has 0 aromatic heterocycles. The van der Waals surface area contributed by atoms with Gasteiger partial charge in [0, 0.05) is 19.2 Å². The Labute approximate surface area is 124 Å². The summed E-state index contributed by atoms with van der Waals surface area (Å²) in [5.41, 5.74) is 6.93. The van der Waals surface area contributed by atoms with E-state index in [2.05, 4.69) is 0 Å². The molecule has 0 aliphatic rings. The van der Waals surface area contributed by atoms with Crippen molar-refractivity contribution in [3.05, 3.63) is 54.1 Å². The van der Waals surface area contributed by atoms with Crippen molar-refractivity contribution in [2.75, 3.05) is 11.4 Å². The van der Waals surface area contributed by atoms with Gasteiger partial charge in [0.05, 0.1) is 10.6 Å². The first-order chi connectivity index (χ1) is 9.82.